The Labute approximate surface area is 87.8 Å². The van der Waals surface area contributed by atoms with Gasteiger partial charge in [-0.3, -0.25) is 5.32 Å². The van der Waals surface area contributed by atoms with Crippen LogP contribution in [0.2, 0.25) is 0 Å². The molecule has 1 aliphatic carbocycles. The summed E-state index contributed by atoms with van der Waals surface area (Å²) in [6.45, 7) is 2.91. The maximum Gasteiger partial charge on any atom is 0.139 e. The Balaban J connectivity index is 1.94. The smallest absolute Gasteiger partial charge is 0.139 e. The van der Waals surface area contributed by atoms with E-state index in [0.29, 0.717) is 0 Å². The normalized spacial score (nSPS) is 17.7. The van der Waals surface area contributed by atoms with E-state index >= 15 is 0 Å². The SMILES string of the molecule is Cc1nc(C(C#N)NCC2CC2)cs1. The molecule has 14 heavy (non-hydrogen) atoms. The molecule has 1 saturated carbocycles. The van der Waals surface area contributed by atoms with Crippen molar-refractivity contribution in [2.45, 2.75) is 25.8 Å². The Kier molecular flexibility index (Phi) is 2.80. The van der Waals surface area contributed by atoms with Gasteiger partial charge in [-0.25, -0.2) is 4.98 Å². The standard InChI is InChI=1S/C10H13N3S/c1-7-13-10(6-14-7)9(4-11)12-5-8-2-3-8/h6,8-9,12H,2-3,5H2,1H3. The van der Waals surface area contributed by atoms with Gasteiger partial charge >= 0.3 is 0 Å². The van der Waals surface area contributed by atoms with Crippen LogP contribution in [0.5, 0.6) is 0 Å². The first kappa shape index (κ1) is 9.63. The summed E-state index contributed by atoms with van der Waals surface area (Å²) in [5.74, 6) is 0.797. The van der Waals surface area contributed by atoms with E-state index in [-0.39, 0.29) is 6.04 Å². The topological polar surface area (TPSA) is 48.7 Å². The molecular weight excluding hydrogens is 194 g/mol. The van der Waals surface area contributed by atoms with Gasteiger partial charge < -0.3 is 0 Å². The first-order valence-corrected chi connectivity index (χ1v) is 5.72. The second-order valence-electron chi connectivity index (χ2n) is 3.71. The summed E-state index contributed by atoms with van der Waals surface area (Å²) in [7, 11) is 0. The van der Waals surface area contributed by atoms with Crippen molar-refractivity contribution in [3.63, 3.8) is 0 Å². The van der Waals surface area contributed by atoms with Crippen LogP contribution in [-0.4, -0.2) is 11.5 Å². The third-order valence-electron chi connectivity index (χ3n) is 2.37. The number of nitrogens with one attached hydrogen (secondary N) is 1. The van der Waals surface area contributed by atoms with E-state index in [1.807, 2.05) is 12.3 Å². The van der Waals surface area contributed by atoms with Crippen LogP contribution in [0, 0.1) is 24.2 Å². The van der Waals surface area contributed by atoms with Crippen molar-refractivity contribution in [3.05, 3.63) is 16.1 Å². The lowest BCUT2D eigenvalue weighted by atomic mass is 10.2. The van der Waals surface area contributed by atoms with E-state index in [4.69, 9.17) is 5.26 Å². The fraction of sp³-hybridized carbons (Fsp3) is 0.600. The molecule has 0 radical (unpaired) electrons. The van der Waals surface area contributed by atoms with Gasteiger partial charge in [-0.15, -0.1) is 11.3 Å². The van der Waals surface area contributed by atoms with Gasteiger partial charge in [-0.1, -0.05) is 0 Å². The highest BCUT2D eigenvalue weighted by molar-refractivity contribution is 7.09. The molecular formula is C10H13N3S. The molecule has 1 aliphatic rings. The Bertz CT molecular complexity index is 348. The minimum absolute atomic E-state index is 0.222. The van der Waals surface area contributed by atoms with Crippen molar-refractivity contribution < 1.29 is 0 Å². The molecule has 0 aliphatic heterocycles. The van der Waals surface area contributed by atoms with E-state index in [9.17, 15) is 0 Å². The maximum absolute atomic E-state index is 8.97. The Hall–Kier alpha value is -0.920. The molecule has 1 fully saturated rings. The Morgan fingerprint density at radius 3 is 3.07 bits per heavy atom. The minimum Gasteiger partial charge on any atom is -0.297 e. The van der Waals surface area contributed by atoms with Crippen molar-refractivity contribution in [1.82, 2.24) is 10.3 Å². The molecule has 2 rings (SSSR count). The molecule has 1 heterocycles. The summed E-state index contributed by atoms with van der Waals surface area (Å²) >= 11 is 1.60. The highest BCUT2D eigenvalue weighted by atomic mass is 32.1. The molecule has 4 heteroatoms. The second kappa shape index (κ2) is 4.07. The van der Waals surface area contributed by atoms with Gasteiger partial charge in [0.25, 0.3) is 0 Å². The zero-order valence-corrected chi connectivity index (χ0v) is 8.97. The van der Waals surface area contributed by atoms with Crippen LogP contribution >= 0.6 is 11.3 Å². The Morgan fingerprint density at radius 2 is 2.57 bits per heavy atom. The molecule has 3 nitrogen and oxygen atoms in total. The van der Waals surface area contributed by atoms with E-state index in [1.165, 1.54) is 12.8 Å². The van der Waals surface area contributed by atoms with Crippen LogP contribution in [0.3, 0.4) is 0 Å². The monoisotopic (exact) mass is 207 g/mol. The average Bonchev–Trinajstić information content (AvgIpc) is 2.90. The zero-order chi connectivity index (χ0) is 9.97. The van der Waals surface area contributed by atoms with Gasteiger partial charge in [0.1, 0.15) is 6.04 Å². The molecule has 1 atom stereocenters. The number of aromatic nitrogens is 1. The number of hydrogen-bond acceptors (Lipinski definition) is 4. The molecule has 74 valence electrons. The van der Waals surface area contributed by atoms with Gasteiger partial charge in [0, 0.05) is 5.38 Å². The van der Waals surface area contributed by atoms with Crippen molar-refractivity contribution >= 4 is 11.3 Å². The minimum atomic E-state index is -0.222. The van der Waals surface area contributed by atoms with Crippen LogP contribution < -0.4 is 5.32 Å². The molecule has 1 N–H and O–H groups in total. The van der Waals surface area contributed by atoms with E-state index in [1.54, 1.807) is 11.3 Å². The highest BCUT2D eigenvalue weighted by Gasteiger charge is 2.23. The number of nitriles is 1. The molecule has 0 saturated heterocycles. The number of thiazole rings is 1. The number of hydrogen-bond donors (Lipinski definition) is 1. The van der Waals surface area contributed by atoms with Crippen LogP contribution in [0.1, 0.15) is 29.6 Å². The molecule has 0 amide bonds. The Morgan fingerprint density at radius 1 is 1.79 bits per heavy atom. The third-order valence-corrected chi connectivity index (χ3v) is 3.16. The van der Waals surface area contributed by atoms with Crippen molar-refractivity contribution in [2.75, 3.05) is 6.54 Å². The van der Waals surface area contributed by atoms with E-state index < -0.39 is 0 Å². The highest BCUT2D eigenvalue weighted by Crippen LogP contribution is 2.28. The second-order valence-corrected chi connectivity index (χ2v) is 4.77. The van der Waals surface area contributed by atoms with Gasteiger partial charge in [-0.05, 0) is 32.2 Å². The molecule has 0 aromatic carbocycles. The predicted octanol–water partition coefficient (Wildman–Crippen LogP) is 2.02. The third kappa shape index (κ3) is 2.31. The lowest BCUT2D eigenvalue weighted by Gasteiger charge is -2.07. The first-order chi connectivity index (χ1) is 6.79. The molecule has 1 aromatic heterocycles. The van der Waals surface area contributed by atoms with Gasteiger partial charge in [0.15, 0.2) is 0 Å². The summed E-state index contributed by atoms with van der Waals surface area (Å²) in [6, 6.07) is 2.03. The summed E-state index contributed by atoms with van der Waals surface area (Å²) < 4.78 is 0. The van der Waals surface area contributed by atoms with Crippen LogP contribution in [0.15, 0.2) is 5.38 Å². The predicted molar refractivity (Wildman–Crippen MR) is 55.9 cm³/mol. The lowest BCUT2D eigenvalue weighted by Crippen LogP contribution is -2.22. The van der Waals surface area contributed by atoms with Crippen LogP contribution in [0.25, 0.3) is 0 Å². The zero-order valence-electron chi connectivity index (χ0n) is 8.16. The summed E-state index contributed by atoms with van der Waals surface area (Å²) in [4.78, 5) is 4.31. The molecule has 1 unspecified atom stereocenters. The van der Waals surface area contributed by atoms with Gasteiger partial charge in [-0.2, -0.15) is 5.26 Å². The van der Waals surface area contributed by atoms with Crippen molar-refractivity contribution in [3.8, 4) is 6.07 Å². The quantitative estimate of drug-likeness (QED) is 0.821. The molecule has 0 bridgehead atoms. The summed E-state index contributed by atoms with van der Waals surface area (Å²) in [5.41, 5.74) is 0.871. The van der Waals surface area contributed by atoms with E-state index in [2.05, 4.69) is 16.4 Å². The number of nitrogens with zero attached hydrogens (tertiary/aromatic N) is 2. The van der Waals surface area contributed by atoms with Crippen LogP contribution in [-0.2, 0) is 0 Å². The summed E-state index contributed by atoms with van der Waals surface area (Å²) in [5, 5.41) is 15.2. The van der Waals surface area contributed by atoms with Gasteiger partial charge in [0.05, 0.1) is 16.8 Å². The van der Waals surface area contributed by atoms with Gasteiger partial charge in [0.2, 0.25) is 0 Å². The van der Waals surface area contributed by atoms with Crippen molar-refractivity contribution in [2.24, 2.45) is 5.92 Å². The summed E-state index contributed by atoms with van der Waals surface area (Å²) in [6.07, 6.45) is 2.61. The average molecular weight is 207 g/mol. The number of rotatable bonds is 4. The maximum atomic E-state index is 8.97. The van der Waals surface area contributed by atoms with Crippen molar-refractivity contribution in [1.29, 1.82) is 5.26 Å². The fourth-order valence-electron chi connectivity index (χ4n) is 1.34. The van der Waals surface area contributed by atoms with E-state index in [0.717, 1.165) is 23.2 Å². The lowest BCUT2D eigenvalue weighted by molar-refractivity contribution is 0.584. The largest absolute Gasteiger partial charge is 0.297 e. The van der Waals surface area contributed by atoms with Crippen LogP contribution in [0.4, 0.5) is 0 Å². The fourth-order valence-corrected chi connectivity index (χ4v) is 1.97. The molecule has 1 aromatic rings. The number of aryl methyl sites for hydroxylation is 1. The molecule has 0 spiro atoms. The first-order valence-electron chi connectivity index (χ1n) is 4.84.